The molecule has 0 aromatic heterocycles. The molecule has 19 heavy (non-hydrogen) atoms. The molecule has 0 N–H and O–H groups in total. The molecule has 1 aromatic rings. The maximum absolute atomic E-state index is 10.4. The Bertz CT molecular complexity index is 329. The van der Waals surface area contributed by atoms with E-state index in [0.29, 0.717) is 6.61 Å². The second-order valence-corrected chi connectivity index (χ2v) is 3.12. The van der Waals surface area contributed by atoms with Gasteiger partial charge in [-0.1, -0.05) is 49.8 Å². The Morgan fingerprint density at radius 1 is 1.16 bits per heavy atom. The van der Waals surface area contributed by atoms with E-state index in [1.807, 2.05) is 57.2 Å². The molecule has 0 unspecified atom stereocenters. The Hall–Kier alpha value is -0.466. The van der Waals surface area contributed by atoms with Gasteiger partial charge >= 0.3 is 5.97 Å². The van der Waals surface area contributed by atoms with Crippen LogP contribution >= 0.6 is 0 Å². The van der Waals surface area contributed by atoms with Gasteiger partial charge in [0.2, 0.25) is 0 Å². The molecular formula is C16H26O2Y-2. The minimum Gasteiger partial charge on any atom is -0.462 e. The van der Waals surface area contributed by atoms with E-state index in [0.717, 1.165) is 5.56 Å². The van der Waals surface area contributed by atoms with Crippen LogP contribution in [0.1, 0.15) is 31.9 Å². The second-order valence-electron chi connectivity index (χ2n) is 3.12. The average Bonchev–Trinajstić information content (AvgIpc) is 2.29. The van der Waals surface area contributed by atoms with Crippen molar-refractivity contribution in [2.24, 2.45) is 0 Å². The molecule has 1 aromatic carbocycles. The van der Waals surface area contributed by atoms with E-state index >= 15 is 0 Å². The molecule has 3 heteroatoms. The zero-order chi connectivity index (χ0) is 12.4. The third-order valence-corrected chi connectivity index (χ3v) is 1.77. The van der Waals surface area contributed by atoms with Gasteiger partial charge in [-0.15, -0.1) is 0 Å². The van der Waals surface area contributed by atoms with E-state index in [9.17, 15) is 4.79 Å². The summed E-state index contributed by atoms with van der Waals surface area (Å²) in [4.78, 5) is 10.4. The van der Waals surface area contributed by atoms with Gasteiger partial charge in [0.25, 0.3) is 0 Å². The zero-order valence-electron chi connectivity index (χ0n) is 13.1. The fourth-order valence-electron chi connectivity index (χ4n) is 1.03. The molecule has 2 nitrogen and oxygen atoms in total. The summed E-state index contributed by atoms with van der Waals surface area (Å²) in [6.07, 6.45) is 3.76. The van der Waals surface area contributed by atoms with E-state index in [-0.39, 0.29) is 53.5 Å². The van der Waals surface area contributed by atoms with Gasteiger partial charge in [0, 0.05) is 39.6 Å². The van der Waals surface area contributed by atoms with Gasteiger partial charge < -0.3 is 19.6 Å². The van der Waals surface area contributed by atoms with Gasteiger partial charge in [-0.25, -0.2) is 0 Å². The molecule has 107 valence electrons. The molecule has 1 radical (unpaired) electrons. The summed E-state index contributed by atoms with van der Waals surface area (Å²) in [7, 11) is 0. The molecule has 0 heterocycles. The Kier molecular flexibility index (Phi) is 24.9. The molecule has 1 rings (SSSR count). The molecule has 0 aliphatic heterocycles. The maximum atomic E-state index is 10.4. The van der Waals surface area contributed by atoms with Crippen LogP contribution in [0.5, 0.6) is 0 Å². The van der Waals surface area contributed by atoms with E-state index in [4.69, 9.17) is 4.74 Å². The molecule has 0 amide bonds. The minimum absolute atomic E-state index is 0. The van der Waals surface area contributed by atoms with E-state index in [1.165, 1.54) is 12.5 Å². The van der Waals surface area contributed by atoms with Crippen LogP contribution in [-0.4, -0.2) is 12.6 Å². The largest absolute Gasteiger partial charge is 0.462 e. The third kappa shape index (κ3) is 15.5. The molecule has 0 bridgehead atoms. The Labute approximate surface area is 144 Å². The molecule has 0 atom stereocenters. The smallest absolute Gasteiger partial charge is 0.302 e. The fraction of sp³-hybridized carbons (Fsp3) is 0.312. The number of ether oxygens (including phenoxy) is 1. The van der Waals surface area contributed by atoms with Crippen molar-refractivity contribution in [1.82, 2.24) is 0 Å². The Morgan fingerprint density at radius 2 is 1.63 bits per heavy atom. The molecule has 0 aliphatic carbocycles. The van der Waals surface area contributed by atoms with Crippen molar-refractivity contribution in [2.45, 2.75) is 27.7 Å². The topological polar surface area (TPSA) is 26.3 Å². The van der Waals surface area contributed by atoms with E-state index < -0.39 is 0 Å². The molecular weight excluding hydrogens is 313 g/mol. The van der Waals surface area contributed by atoms with Crippen molar-refractivity contribution in [3.8, 4) is 0 Å². The van der Waals surface area contributed by atoms with Gasteiger partial charge in [0.15, 0.2) is 0 Å². The average molecular weight is 339 g/mol. The number of rotatable bonds is 3. The first-order chi connectivity index (χ1) is 7.68. The first-order valence-electron chi connectivity index (χ1n) is 5.55. The minimum atomic E-state index is -0.251. The molecule has 0 fully saturated rings. The van der Waals surface area contributed by atoms with Gasteiger partial charge in [-0.05, 0) is 18.6 Å². The van der Waals surface area contributed by atoms with E-state index in [2.05, 4.69) is 0 Å². The first-order valence-corrected chi connectivity index (χ1v) is 5.55. The number of benzene rings is 1. The van der Waals surface area contributed by atoms with Crippen LogP contribution in [0.15, 0.2) is 30.3 Å². The van der Waals surface area contributed by atoms with Crippen LogP contribution in [0.4, 0.5) is 0 Å². The molecule has 0 saturated carbocycles. The summed E-state index contributed by atoms with van der Waals surface area (Å²) >= 11 is 0. The molecule has 0 saturated heterocycles. The number of esters is 1. The van der Waals surface area contributed by atoms with Crippen LogP contribution in [0.2, 0.25) is 0 Å². The van der Waals surface area contributed by atoms with Gasteiger partial charge in [0.1, 0.15) is 6.61 Å². The SMILES string of the molecule is CC.CC(=O)OC/C=C/c1ccc(C)cc1.[CH3-].[CH3-].[Y]. The van der Waals surface area contributed by atoms with Crippen LogP contribution in [0.3, 0.4) is 0 Å². The second kappa shape index (κ2) is 17.5. The Balaban J connectivity index is -0.000000214. The quantitative estimate of drug-likeness (QED) is 0.599. The fourth-order valence-corrected chi connectivity index (χ4v) is 1.03. The van der Waals surface area contributed by atoms with Gasteiger partial charge in [-0.3, -0.25) is 4.79 Å². The maximum Gasteiger partial charge on any atom is 0.302 e. The van der Waals surface area contributed by atoms with Crippen molar-refractivity contribution in [3.63, 3.8) is 0 Å². The van der Waals surface area contributed by atoms with Crippen molar-refractivity contribution in [1.29, 1.82) is 0 Å². The molecule has 0 aliphatic rings. The predicted octanol–water partition coefficient (Wildman–Crippen LogP) is 4.50. The number of hydrogen-bond donors (Lipinski definition) is 0. The van der Waals surface area contributed by atoms with Crippen molar-refractivity contribution >= 4 is 12.0 Å². The standard InChI is InChI=1S/C12H14O2.C2H6.2CH3.Y/c1-10-5-7-12(8-6-10)4-3-9-14-11(2)13;1-2;;;/h3-8H,9H2,1-2H3;1-2H3;2*1H3;/q;;2*-1;/b4-3+;;;;. The van der Waals surface area contributed by atoms with Crippen LogP contribution in [0, 0.1) is 21.8 Å². The van der Waals surface area contributed by atoms with Crippen molar-refractivity contribution in [2.75, 3.05) is 6.61 Å². The zero-order valence-corrected chi connectivity index (χ0v) is 15.9. The number of hydrogen-bond acceptors (Lipinski definition) is 2. The number of carbonyl (C=O) groups excluding carboxylic acids is 1. The summed E-state index contributed by atoms with van der Waals surface area (Å²) in [5, 5.41) is 0. The summed E-state index contributed by atoms with van der Waals surface area (Å²) in [5.41, 5.74) is 2.35. The van der Waals surface area contributed by atoms with Crippen molar-refractivity contribution < 1.29 is 42.2 Å². The van der Waals surface area contributed by atoms with Gasteiger partial charge in [0.05, 0.1) is 0 Å². The Morgan fingerprint density at radius 3 is 2.05 bits per heavy atom. The summed E-state index contributed by atoms with van der Waals surface area (Å²) in [5.74, 6) is -0.251. The summed E-state index contributed by atoms with van der Waals surface area (Å²) < 4.78 is 4.76. The normalized spacial score (nSPS) is 8.00. The van der Waals surface area contributed by atoms with Crippen LogP contribution in [-0.2, 0) is 42.2 Å². The van der Waals surface area contributed by atoms with Gasteiger partial charge in [-0.2, -0.15) is 0 Å². The number of aryl methyl sites for hydroxylation is 1. The van der Waals surface area contributed by atoms with E-state index in [1.54, 1.807) is 0 Å². The summed E-state index contributed by atoms with van der Waals surface area (Å²) in [6, 6.07) is 8.15. The first kappa shape index (κ1) is 27.0. The van der Waals surface area contributed by atoms with Crippen LogP contribution < -0.4 is 0 Å². The summed E-state index contributed by atoms with van der Waals surface area (Å²) in [6.45, 7) is 7.79. The van der Waals surface area contributed by atoms with Crippen molar-refractivity contribution in [3.05, 3.63) is 56.3 Å². The monoisotopic (exact) mass is 339 g/mol. The number of carbonyl (C=O) groups is 1. The third-order valence-electron chi connectivity index (χ3n) is 1.77. The predicted molar refractivity (Wildman–Crippen MR) is 81.0 cm³/mol. The molecule has 0 spiro atoms. The van der Waals surface area contributed by atoms with Crippen LogP contribution in [0.25, 0.3) is 6.08 Å².